The normalized spacial score (nSPS) is 10.6. The van der Waals surface area contributed by atoms with Gasteiger partial charge in [-0.3, -0.25) is 9.78 Å². The highest BCUT2D eigenvalue weighted by molar-refractivity contribution is 5.97. The Morgan fingerprint density at radius 2 is 1.96 bits per heavy atom. The molecule has 0 unspecified atom stereocenters. The number of pyridine rings is 1. The number of furan rings is 1. The largest absolute Gasteiger partial charge is 0.461 e. The molecule has 0 fully saturated rings. The summed E-state index contributed by atoms with van der Waals surface area (Å²) in [5.74, 6) is 0.903. The summed E-state index contributed by atoms with van der Waals surface area (Å²) in [6.45, 7) is 0.464. The minimum atomic E-state index is -0.274. The summed E-state index contributed by atoms with van der Waals surface area (Å²) >= 11 is 0. The van der Waals surface area contributed by atoms with Crippen LogP contribution in [0.25, 0.3) is 11.6 Å². The van der Waals surface area contributed by atoms with E-state index in [0.29, 0.717) is 29.6 Å². The van der Waals surface area contributed by atoms with Crippen LogP contribution < -0.4 is 5.32 Å². The second-order valence-electron chi connectivity index (χ2n) is 5.53. The number of benzene rings is 1. The minimum absolute atomic E-state index is 0.274. The van der Waals surface area contributed by atoms with E-state index < -0.39 is 0 Å². The van der Waals surface area contributed by atoms with Crippen LogP contribution in [0.1, 0.15) is 15.9 Å². The summed E-state index contributed by atoms with van der Waals surface area (Å²) < 4.78 is 6.60. The first-order valence-corrected chi connectivity index (χ1v) is 8.05. The summed E-state index contributed by atoms with van der Waals surface area (Å²) in [6.07, 6.45) is 5.00. The maximum Gasteiger partial charge on any atom is 0.281 e. The van der Waals surface area contributed by atoms with Gasteiger partial charge in [-0.15, -0.1) is 5.10 Å². The fourth-order valence-corrected chi connectivity index (χ4v) is 2.47. The predicted octanol–water partition coefficient (Wildman–Crippen LogP) is 3.23. The second-order valence-corrected chi connectivity index (χ2v) is 5.53. The summed E-state index contributed by atoms with van der Waals surface area (Å²) in [7, 11) is 0. The van der Waals surface area contributed by atoms with Crippen molar-refractivity contribution in [2.45, 2.75) is 6.54 Å². The van der Waals surface area contributed by atoms with E-state index in [1.54, 1.807) is 48.8 Å². The predicted molar refractivity (Wildman–Crippen MR) is 95.5 cm³/mol. The van der Waals surface area contributed by atoms with E-state index in [4.69, 9.17) is 4.42 Å². The van der Waals surface area contributed by atoms with Crippen LogP contribution >= 0.6 is 0 Å². The Hall–Kier alpha value is -3.74. The van der Waals surface area contributed by atoms with Crippen molar-refractivity contribution in [3.63, 3.8) is 0 Å². The van der Waals surface area contributed by atoms with Gasteiger partial charge in [0.1, 0.15) is 0 Å². The highest BCUT2D eigenvalue weighted by Crippen LogP contribution is 2.19. The van der Waals surface area contributed by atoms with Gasteiger partial charge >= 0.3 is 0 Å². The van der Waals surface area contributed by atoms with Crippen molar-refractivity contribution >= 4 is 11.9 Å². The van der Waals surface area contributed by atoms with Gasteiger partial charge in [0, 0.05) is 24.5 Å². The van der Waals surface area contributed by atoms with Crippen LogP contribution in [0.2, 0.25) is 0 Å². The maximum absolute atomic E-state index is 12.8. The topological polar surface area (TPSA) is 85.8 Å². The molecule has 3 aromatic heterocycles. The number of hydrogen-bond donors (Lipinski definition) is 1. The van der Waals surface area contributed by atoms with Gasteiger partial charge in [-0.25, -0.2) is 0 Å². The number of aromatic nitrogens is 4. The zero-order valence-electron chi connectivity index (χ0n) is 13.7. The van der Waals surface area contributed by atoms with Crippen LogP contribution in [0.4, 0.5) is 5.95 Å². The van der Waals surface area contributed by atoms with Crippen LogP contribution in [0.5, 0.6) is 0 Å². The molecule has 0 aliphatic heterocycles. The number of rotatable bonds is 5. The molecule has 7 heteroatoms. The minimum Gasteiger partial charge on any atom is -0.461 e. The highest BCUT2D eigenvalue weighted by Gasteiger charge is 2.19. The Labute approximate surface area is 149 Å². The Morgan fingerprint density at radius 1 is 1.08 bits per heavy atom. The van der Waals surface area contributed by atoms with Crippen molar-refractivity contribution in [3.8, 4) is 11.6 Å². The van der Waals surface area contributed by atoms with Crippen LogP contribution in [-0.2, 0) is 6.54 Å². The zero-order valence-corrected chi connectivity index (χ0v) is 13.7. The smallest absolute Gasteiger partial charge is 0.281 e. The third-order valence-corrected chi connectivity index (χ3v) is 3.74. The molecule has 0 radical (unpaired) electrons. The molecular weight excluding hydrogens is 330 g/mol. The number of carbonyl (C=O) groups excluding carboxylic acids is 1. The van der Waals surface area contributed by atoms with E-state index in [-0.39, 0.29) is 5.91 Å². The molecule has 4 aromatic rings. The third-order valence-electron chi connectivity index (χ3n) is 3.74. The number of nitrogens with zero attached hydrogens (tertiary/aromatic N) is 4. The lowest BCUT2D eigenvalue weighted by Gasteiger charge is -2.07. The van der Waals surface area contributed by atoms with Gasteiger partial charge in [0.2, 0.25) is 11.8 Å². The number of anilines is 1. The summed E-state index contributed by atoms with van der Waals surface area (Å²) in [4.78, 5) is 21.3. The Balaban J connectivity index is 1.67. The molecule has 0 atom stereocenters. The van der Waals surface area contributed by atoms with Crippen LogP contribution in [0.3, 0.4) is 0 Å². The van der Waals surface area contributed by atoms with Gasteiger partial charge in [0.15, 0.2) is 5.76 Å². The Bertz CT molecular complexity index is 995. The van der Waals surface area contributed by atoms with E-state index in [0.717, 1.165) is 5.56 Å². The number of carbonyl (C=O) groups is 1. The number of nitrogens with one attached hydrogen (secondary N) is 1. The van der Waals surface area contributed by atoms with Crippen molar-refractivity contribution in [1.82, 2.24) is 19.7 Å². The molecular formula is C19H15N5O2. The van der Waals surface area contributed by atoms with Gasteiger partial charge in [0.05, 0.1) is 6.26 Å². The zero-order chi connectivity index (χ0) is 17.8. The molecule has 0 bridgehead atoms. The van der Waals surface area contributed by atoms with E-state index in [9.17, 15) is 4.79 Å². The molecule has 4 rings (SSSR count). The fourth-order valence-electron chi connectivity index (χ4n) is 2.47. The third kappa shape index (κ3) is 3.23. The SMILES string of the molecule is O=C(c1ccccc1)n1nc(-c2ccco2)nc1NCc1cccnc1. The Morgan fingerprint density at radius 3 is 2.69 bits per heavy atom. The fraction of sp³-hybridized carbons (Fsp3) is 0.0526. The molecule has 0 amide bonds. The molecule has 0 saturated carbocycles. The average molecular weight is 345 g/mol. The van der Waals surface area contributed by atoms with Gasteiger partial charge in [-0.05, 0) is 35.9 Å². The van der Waals surface area contributed by atoms with E-state index in [1.165, 1.54) is 10.9 Å². The van der Waals surface area contributed by atoms with Gasteiger partial charge in [-0.2, -0.15) is 9.67 Å². The number of hydrogen-bond acceptors (Lipinski definition) is 6. The van der Waals surface area contributed by atoms with E-state index in [2.05, 4.69) is 20.4 Å². The van der Waals surface area contributed by atoms with Gasteiger partial charge in [0.25, 0.3) is 5.91 Å². The van der Waals surface area contributed by atoms with Crippen LogP contribution in [0, 0.1) is 0 Å². The summed E-state index contributed by atoms with van der Waals surface area (Å²) in [5, 5.41) is 7.47. The molecule has 3 heterocycles. The molecule has 1 aromatic carbocycles. The first kappa shape index (κ1) is 15.8. The molecule has 0 aliphatic rings. The van der Waals surface area contributed by atoms with Crippen molar-refractivity contribution in [2.24, 2.45) is 0 Å². The van der Waals surface area contributed by atoms with Crippen molar-refractivity contribution in [3.05, 3.63) is 84.4 Å². The standard InChI is InChI=1S/C19H15N5O2/c25-18(15-7-2-1-3-8-15)24-19(21-13-14-6-4-10-20-12-14)22-17(23-24)16-9-5-11-26-16/h1-12H,13H2,(H,21,22,23). The van der Waals surface area contributed by atoms with Gasteiger partial charge in [-0.1, -0.05) is 24.3 Å². The summed E-state index contributed by atoms with van der Waals surface area (Å²) in [6, 6.07) is 16.2. The first-order valence-electron chi connectivity index (χ1n) is 8.05. The lowest BCUT2D eigenvalue weighted by Crippen LogP contribution is -2.17. The van der Waals surface area contributed by atoms with E-state index in [1.807, 2.05) is 18.2 Å². The first-order chi connectivity index (χ1) is 12.8. The average Bonchev–Trinajstić information content (AvgIpc) is 3.37. The molecule has 0 saturated heterocycles. The molecule has 128 valence electrons. The second kappa shape index (κ2) is 7.02. The Kier molecular flexibility index (Phi) is 4.26. The molecule has 0 spiro atoms. The molecule has 0 aliphatic carbocycles. The quantitative estimate of drug-likeness (QED) is 0.598. The molecule has 26 heavy (non-hydrogen) atoms. The van der Waals surface area contributed by atoms with Crippen molar-refractivity contribution in [1.29, 1.82) is 0 Å². The highest BCUT2D eigenvalue weighted by atomic mass is 16.3. The maximum atomic E-state index is 12.8. The van der Waals surface area contributed by atoms with Crippen LogP contribution in [-0.4, -0.2) is 25.7 Å². The van der Waals surface area contributed by atoms with Gasteiger partial charge < -0.3 is 9.73 Å². The monoisotopic (exact) mass is 345 g/mol. The van der Waals surface area contributed by atoms with Crippen molar-refractivity contribution in [2.75, 3.05) is 5.32 Å². The van der Waals surface area contributed by atoms with Crippen LogP contribution in [0.15, 0.2) is 77.7 Å². The lowest BCUT2D eigenvalue weighted by atomic mass is 10.2. The molecule has 7 nitrogen and oxygen atoms in total. The van der Waals surface area contributed by atoms with E-state index >= 15 is 0 Å². The van der Waals surface area contributed by atoms with Crippen molar-refractivity contribution < 1.29 is 9.21 Å². The lowest BCUT2D eigenvalue weighted by molar-refractivity contribution is 0.0947. The molecule has 1 N–H and O–H groups in total. The summed E-state index contributed by atoms with van der Waals surface area (Å²) in [5.41, 5.74) is 1.49.